The Bertz CT molecular complexity index is 1150. The Hall–Kier alpha value is -4.02. The number of methoxy groups -OCH3 is 1. The first-order valence-corrected chi connectivity index (χ1v) is 10.6. The van der Waals surface area contributed by atoms with Crippen molar-refractivity contribution in [1.29, 1.82) is 0 Å². The van der Waals surface area contributed by atoms with Crippen molar-refractivity contribution < 1.29 is 28.7 Å². The maximum Gasteiger partial charge on any atom is 0.360 e. The summed E-state index contributed by atoms with van der Waals surface area (Å²) < 4.78 is 11.0. The molecule has 2 aromatic rings. The molecule has 0 fully saturated rings. The molecule has 0 aliphatic rings. The van der Waals surface area contributed by atoms with E-state index in [1.807, 2.05) is 0 Å². The van der Waals surface area contributed by atoms with Crippen molar-refractivity contribution in [1.82, 2.24) is 19.8 Å². The highest BCUT2D eigenvalue weighted by atomic mass is 16.5. The number of ether oxygens (including phenoxy) is 2. The summed E-state index contributed by atoms with van der Waals surface area (Å²) in [6.45, 7) is 7.19. The molecule has 1 aromatic carbocycles. The van der Waals surface area contributed by atoms with Crippen molar-refractivity contribution in [3.05, 3.63) is 57.8 Å². The van der Waals surface area contributed by atoms with Crippen LogP contribution in [0.15, 0.2) is 35.1 Å². The van der Waals surface area contributed by atoms with Crippen molar-refractivity contribution in [3.63, 3.8) is 0 Å². The van der Waals surface area contributed by atoms with Gasteiger partial charge in [0.25, 0.3) is 5.56 Å². The first-order chi connectivity index (χ1) is 16.0. The molecular weight excluding hydrogens is 444 g/mol. The first kappa shape index (κ1) is 26.2. The normalized spacial score (nSPS) is 10.9. The maximum absolute atomic E-state index is 13.1. The number of hydrogen-bond donors (Lipinski definition) is 1. The average Bonchev–Trinajstić information content (AvgIpc) is 2.82. The quantitative estimate of drug-likeness (QED) is 0.466. The number of amides is 2. The Morgan fingerprint density at radius 1 is 1.06 bits per heavy atom. The first-order valence-electron chi connectivity index (χ1n) is 10.6. The lowest BCUT2D eigenvalue weighted by molar-refractivity contribution is -0.146. The number of carbonyl (C=O) groups excluding carboxylic acids is 4. The summed E-state index contributed by atoms with van der Waals surface area (Å²) in [7, 11) is 2.42. The molecule has 182 valence electrons. The van der Waals surface area contributed by atoms with Crippen molar-refractivity contribution in [2.24, 2.45) is 7.05 Å². The van der Waals surface area contributed by atoms with E-state index in [-0.39, 0.29) is 11.4 Å². The lowest BCUT2D eigenvalue weighted by Gasteiger charge is -2.29. The summed E-state index contributed by atoms with van der Waals surface area (Å²) in [5, 5.41) is 2.55. The average molecular weight is 472 g/mol. The van der Waals surface area contributed by atoms with Crippen LogP contribution in [0.1, 0.15) is 54.4 Å². The van der Waals surface area contributed by atoms with Gasteiger partial charge in [-0.1, -0.05) is 18.2 Å². The molecule has 0 atom stereocenters. The van der Waals surface area contributed by atoms with E-state index >= 15 is 0 Å². The van der Waals surface area contributed by atoms with Crippen LogP contribution < -0.4 is 15.6 Å². The third-order valence-electron chi connectivity index (χ3n) is 5.06. The molecule has 0 unspecified atom stereocenters. The van der Waals surface area contributed by atoms with E-state index in [0.29, 0.717) is 13.1 Å². The molecule has 2 amide bonds. The topological polar surface area (TPSA) is 137 Å². The maximum atomic E-state index is 13.1. The van der Waals surface area contributed by atoms with Gasteiger partial charge in [0.2, 0.25) is 5.75 Å². The second-order valence-electron chi connectivity index (χ2n) is 7.78. The zero-order chi connectivity index (χ0) is 25.6. The molecule has 0 saturated heterocycles. The minimum Gasteiger partial charge on any atom is -0.464 e. The Labute approximate surface area is 196 Å². The van der Waals surface area contributed by atoms with Crippen molar-refractivity contribution >= 4 is 23.8 Å². The van der Waals surface area contributed by atoms with Crippen LogP contribution in [0.2, 0.25) is 0 Å². The van der Waals surface area contributed by atoms with Gasteiger partial charge in [0.1, 0.15) is 5.82 Å². The number of likely N-dealkylation sites (N-methyl/N-ethyl adjacent to an activating group) is 1. The molecule has 1 N–H and O–H groups in total. The number of esters is 2. The zero-order valence-corrected chi connectivity index (χ0v) is 20.0. The third kappa shape index (κ3) is 5.48. The van der Waals surface area contributed by atoms with Gasteiger partial charge in [-0.3, -0.25) is 19.0 Å². The molecular formula is C23H28N4O7. The second-order valence-corrected chi connectivity index (χ2v) is 7.78. The van der Waals surface area contributed by atoms with E-state index < -0.39 is 46.3 Å². The van der Waals surface area contributed by atoms with Gasteiger partial charge >= 0.3 is 23.8 Å². The number of aromatic nitrogens is 2. The molecule has 0 aliphatic heterocycles. The van der Waals surface area contributed by atoms with E-state index in [1.54, 1.807) is 32.0 Å². The molecule has 11 heteroatoms. The predicted octanol–water partition coefficient (Wildman–Crippen LogP) is 1.01. The molecule has 34 heavy (non-hydrogen) atoms. The number of nitrogens with zero attached hydrogens (tertiary/aromatic N) is 3. The molecule has 2 rings (SSSR count). The molecule has 0 saturated carbocycles. The fourth-order valence-electron chi connectivity index (χ4n) is 3.24. The highest BCUT2D eigenvalue weighted by Gasteiger charge is 2.35. The van der Waals surface area contributed by atoms with Gasteiger partial charge in [0.05, 0.1) is 18.2 Å². The Balaban J connectivity index is 2.52. The summed E-state index contributed by atoms with van der Waals surface area (Å²) in [6, 6.07) is 7.90. The van der Waals surface area contributed by atoms with Gasteiger partial charge < -0.3 is 19.7 Å². The largest absolute Gasteiger partial charge is 0.464 e. The minimum absolute atomic E-state index is 0.0573. The van der Waals surface area contributed by atoms with Crippen LogP contribution in [0.5, 0.6) is 5.75 Å². The van der Waals surface area contributed by atoms with Gasteiger partial charge in [-0.05, 0) is 39.8 Å². The summed E-state index contributed by atoms with van der Waals surface area (Å²) in [5.74, 6) is -4.20. The fraction of sp³-hybridized carbons (Fsp3) is 0.391. The Morgan fingerprint density at radius 3 is 2.18 bits per heavy atom. The highest BCUT2D eigenvalue weighted by molar-refractivity contribution is 6.35. The number of benzene rings is 1. The van der Waals surface area contributed by atoms with Crippen molar-refractivity contribution in [2.45, 2.75) is 33.2 Å². The van der Waals surface area contributed by atoms with Crippen LogP contribution in [-0.4, -0.2) is 58.4 Å². The lowest BCUT2D eigenvalue weighted by Crippen LogP contribution is -2.51. The Kier molecular flexibility index (Phi) is 8.28. The molecule has 1 heterocycles. The monoisotopic (exact) mass is 472 g/mol. The van der Waals surface area contributed by atoms with Gasteiger partial charge in [0, 0.05) is 20.1 Å². The molecule has 1 aromatic heterocycles. The van der Waals surface area contributed by atoms with Crippen LogP contribution in [0.3, 0.4) is 0 Å². The number of hydrogen-bond acceptors (Lipinski definition) is 8. The highest BCUT2D eigenvalue weighted by Crippen LogP contribution is 2.22. The summed E-state index contributed by atoms with van der Waals surface area (Å²) in [6.07, 6.45) is 0. The molecule has 11 nitrogen and oxygen atoms in total. The number of nitrogens with one attached hydrogen (secondary N) is 1. The van der Waals surface area contributed by atoms with E-state index in [4.69, 9.17) is 9.47 Å². The molecule has 0 radical (unpaired) electrons. The molecule has 0 spiro atoms. The van der Waals surface area contributed by atoms with E-state index in [1.165, 1.54) is 37.9 Å². The van der Waals surface area contributed by atoms with Crippen molar-refractivity contribution in [2.75, 3.05) is 20.2 Å². The smallest absolute Gasteiger partial charge is 0.360 e. The second kappa shape index (κ2) is 10.7. The minimum atomic E-state index is -1.36. The van der Waals surface area contributed by atoms with Gasteiger partial charge in [0.15, 0.2) is 5.69 Å². The lowest BCUT2D eigenvalue weighted by atomic mass is 10.0. The van der Waals surface area contributed by atoms with Gasteiger partial charge in [-0.25, -0.2) is 14.6 Å². The van der Waals surface area contributed by atoms with E-state index in [2.05, 4.69) is 10.3 Å². The molecule has 0 bridgehead atoms. The summed E-state index contributed by atoms with van der Waals surface area (Å²) in [4.78, 5) is 68.5. The van der Waals surface area contributed by atoms with Gasteiger partial charge in [-0.2, -0.15) is 0 Å². The van der Waals surface area contributed by atoms with Gasteiger partial charge in [-0.15, -0.1) is 0 Å². The predicted molar refractivity (Wildman–Crippen MR) is 121 cm³/mol. The van der Waals surface area contributed by atoms with Crippen LogP contribution in [-0.2, 0) is 26.9 Å². The van der Waals surface area contributed by atoms with E-state index in [9.17, 15) is 24.0 Å². The zero-order valence-electron chi connectivity index (χ0n) is 20.0. The third-order valence-corrected chi connectivity index (χ3v) is 5.06. The Morgan fingerprint density at radius 2 is 1.65 bits per heavy atom. The fourth-order valence-corrected chi connectivity index (χ4v) is 3.24. The van der Waals surface area contributed by atoms with Crippen LogP contribution in [0, 0.1) is 0 Å². The summed E-state index contributed by atoms with van der Waals surface area (Å²) in [5.41, 5.74) is -2.60. The summed E-state index contributed by atoms with van der Waals surface area (Å²) >= 11 is 0. The van der Waals surface area contributed by atoms with Crippen LogP contribution in [0.25, 0.3) is 0 Å². The van der Waals surface area contributed by atoms with Crippen LogP contribution >= 0.6 is 0 Å². The standard InChI is InChI=1S/C23H28N4O7/c1-7-27(8-2)19(30)17(28)25-23(3,4)22-24-15(21(32)33-6)16(18(29)26(22)5)34-20(31)14-12-10-9-11-13-14/h9-13H,7-8H2,1-6H3,(H,25,28). The SMILES string of the molecule is CCN(CC)C(=O)C(=O)NC(C)(C)c1nc(C(=O)OC)c(OC(=O)c2ccccc2)c(=O)n1C. The van der Waals surface area contributed by atoms with Crippen LogP contribution in [0.4, 0.5) is 0 Å². The number of rotatable bonds is 7. The van der Waals surface area contributed by atoms with E-state index in [0.717, 1.165) is 11.7 Å². The molecule has 0 aliphatic carbocycles. The van der Waals surface area contributed by atoms with Crippen molar-refractivity contribution in [3.8, 4) is 5.75 Å². The number of carbonyl (C=O) groups is 4.